The minimum absolute atomic E-state index is 0.133. The monoisotopic (exact) mass is 344 g/mol. The van der Waals surface area contributed by atoms with Crippen LogP contribution in [-0.4, -0.2) is 45.7 Å². The van der Waals surface area contributed by atoms with Gasteiger partial charge in [0, 0.05) is 25.5 Å². The Hall–Kier alpha value is -2.81. The van der Waals surface area contributed by atoms with Crippen molar-refractivity contribution < 1.29 is 4.79 Å². The van der Waals surface area contributed by atoms with Crippen molar-refractivity contribution in [2.45, 2.75) is 5.16 Å². The average molecular weight is 344 g/mol. The molecule has 0 aliphatic rings. The van der Waals surface area contributed by atoms with Crippen LogP contribution in [0.1, 0.15) is 0 Å². The van der Waals surface area contributed by atoms with Crippen molar-refractivity contribution in [1.29, 1.82) is 0 Å². The van der Waals surface area contributed by atoms with Gasteiger partial charge < -0.3 is 15.2 Å². The molecule has 2 heterocycles. The Kier molecular flexibility index (Phi) is 4.52. The summed E-state index contributed by atoms with van der Waals surface area (Å²) in [5, 5.41) is 3.16. The number of anilines is 2. The number of imidazole rings is 1. The number of rotatable bonds is 5. The van der Waals surface area contributed by atoms with Gasteiger partial charge in [-0.1, -0.05) is 11.8 Å². The molecule has 2 aromatic heterocycles. The van der Waals surface area contributed by atoms with Crippen molar-refractivity contribution in [3.8, 4) is 0 Å². The van der Waals surface area contributed by atoms with Crippen LogP contribution < -0.4 is 15.8 Å². The van der Waals surface area contributed by atoms with E-state index in [9.17, 15) is 9.59 Å². The van der Waals surface area contributed by atoms with Crippen molar-refractivity contribution >= 4 is 40.2 Å². The molecule has 1 amide bonds. The summed E-state index contributed by atoms with van der Waals surface area (Å²) in [6.45, 7) is 0. The van der Waals surface area contributed by atoms with Crippen molar-refractivity contribution in [3.05, 3.63) is 40.9 Å². The number of benzene rings is 1. The van der Waals surface area contributed by atoms with E-state index >= 15 is 0 Å². The highest BCUT2D eigenvalue weighted by molar-refractivity contribution is 7.99. The lowest BCUT2D eigenvalue weighted by Crippen LogP contribution is -2.16. The highest BCUT2D eigenvalue weighted by Crippen LogP contribution is 2.17. The van der Waals surface area contributed by atoms with E-state index in [0.717, 1.165) is 23.1 Å². The normalized spacial score (nSPS) is 10.8. The van der Waals surface area contributed by atoms with Gasteiger partial charge in [-0.3, -0.25) is 14.6 Å². The van der Waals surface area contributed by atoms with Gasteiger partial charge in [-0.25, -0.2) is 9.97 Å². The van der Waals surface area contributed by atoms with Gasteiger partial charge in [0.05, 0.1) is 12.1 Å². The van der Waals surface area contributed by atoms with Crippen molar-refractivity contribution in [2.24, 2.45) is 0 Å². The second-order valence-electron chi connectivity index (χ2n) is 5.25. The fourth-order valence-corrected chi connectivity index (χ4v) is 2.72. The molecule has 0 aliphatic carbocycles. The van der Waals surface area contributed by atoms with Gasteiger partial charge in [0.25, 0.3) is 5.56 Å². The van der Waals surface area contributed by atoms with Crippen LogP contribution in [0.25, 0.3) is 11.2 Å². The van der Waals surface area contributed by atoms with Crippen molar-refractivity contribution in [2.75, 3.05) is 30.1 Å². The van der Waals surface area contributed by atoms with Crippen LogP contribution in [0.4, 0.5) is 11.4 Å². The molecule has 3 rings (SSSR count). The molecular formula is C15H16N6O2S. The average Bonchev–Trinajstić information content (AvgIpc) is 3.02. The fraction of sp³-hybridized carbons (Fsp3) is 0.200. The smallest absolute Gasteiger partial charge is 0.277 e. The van der Waals surface area contributed by atoms with Crippen molar-refractivity contribution in [3.63, 3.8) is 0 Å². The highest BCUT2D eigenvalue weighted by atomic mass is 32.2. The number of hydrogen-bond donors (Lipinski definition) is 3. The fourth-order valence-electron chi connectivity index (χ4n) is 2.06. The second kappa shape index (κ2) is 6.75. The molecule has 0 radical (unpaired) electrons. The van der Waals surface area contributed by atoms with Gasteiger partial charge in [0.15, 0.2) is 16.3 Å². The van der Waals surface area contributed by atoms with Crippen LogP contribution in [0, 0.1) is 0 Å². The molecule has 124 valence electrons. The summed E-state index contributed by atoms with van der Waals surface area (Å²) in [5.41, 5.74) is 2.12. The molecule has 3 aromatic rings. The van der Waals surface area contributed by atoms with E-state index in [0.29, 0.717) is 16.3 Å². The molecule has 1 aromatic carbocycles. The summed E-state index contributed by atoms with van der Waals surface area (Å²) < 4.78 is 0. The maximum Gasteiger partial charge on any atom is 0.277 e. The maximum absolute atomic E-state index is 12.0. The van der Waals surface area contributed by atoms with Gasteiger partial charge in [0.1, 0.15) is 0 Å². The lowest BCUT2D eigenvalue weighted by molar-refractivity contribution is -0.113. The van der Waals surface area contributed by atoms with Crippen LogP contribution in [0.3, 0.4) is 0 Å². The van der Waals surface area contributed by atoms with Crippen LogP contribution in [0.2, 0.25) is 0 Å². The molecule has 0 spiro atoms. The molecule has 8 nitrogen and oxygen atoms in total. The Labute approximate surface area is 141 Å². The predicted molar refractivity (Wildman–Crippen MR) is 94.6 cm³/mol. The first-order valence-corrected chi connectivity index (χ1v) is 8.15. The maximum atomic E-state index is 12.0. The molecule has 0 saturated heterocycles. The second-order valence-corrected chi connectivity index (χ2v) is 6.21. The van der Waals surface area contributed by atoms with E-state index in [2.05, 4.69) is 25.3 Å². The molecule has 0 atom stereocenters. The molecule has 0 fully saturated rings. The summed E-state index contributed by atoms with van der Waals surface area (Å²) in [5.74, 6) is -0.0451. The number of H-pyrrole nitrogens is 2. The lowest BCUT2D eigenvalue weighted by Gasteiger charge is -2.13. The largest absolute Gasteiger partial charge is 0.378 e. The number of nitrogens with one attached hydrogen (secondary N) is 3. The number of amides is 1. The van der Waals surface area contributed by atoms with Crippen molar-refractivity contribution in [1.82, 2.24) is 19.9 Å². The zero-order valence-corrected chi connectivity index (χ0v) is 14.0. The van der Waals surface area contributed by atoms with E-state index in [-0.39, 0.29) is 17.2 Å². The minimum atomic E-state index is -0.306. The first kappa shape index (κ1) is 16.1. The summed E-state index contributed by atoms with van der Waals surface area (Å²) in [6, 6.07) is 7.53. The third-order valence-corrected chi connectivity index (χ3v) is 4.16. The first-order chi connectivity index (χ1) is 11.5. The quantitative estimate of drug-likeness (QED) is 0.478. The standard InChI is InChI=1S/C15H16N6O2S/c1-21(2)10-5-3-9(4-6-10)18-11(22)7-24-15-19-13-12(14(23)20-15)16-8-17-13/h3-6,8H,7H2,1-2H3,(H,18,22)(H2,16,17,19,20,23). The molecule has 3 N–H and O–H groups in total. The number of nitrogens with zero attached hydrogens (tertiary/aromatic N) is 3. The van der Waals surface area contributed by atoms with Gasteiger partial charge >= 0.3 is 0 Å². The molecule has 0 unspecified atom stereocenters. The Morgan fingerprint density at radius 2 is 2.04 bits per heavy atom. The third kappa shape index (κ3) is 3.57. The Morgan fingerprint density at radius 3 is 2.75 bits per heavy atom. The zero-order valence-electron chi connectivity index (χ0n) is 13.2. The number of carbonyl (C=O) groups is 1. The number of carbonyl (C=O) groups excluding carboxylic acids is 1. The molecule has 24 heavy (non-hydrogen) atoms. The highest BCUT2D eigenvalue weighted by Gasteiger charge is 2.09. The zero-order chi connectivity index (χ0) is 17.1. The van der Waals surface area contributed by atoms with E-state index < -0.39 is 0 Å². The summed E-state index contributed by atoms with van der Waals surface area (Å²) in [7, 11) is 3.91. The number of fused-ring (bicyclic) bond motifs is 1. The summed E-state index contributed by atoms with van der Waals surface area (Å²) in [4.78, 5) is 39.3. The number of hydrogen-bond acceptors (Lipinski definition) is 6. The third-order valence-electron chi connectivity index (χ3n) is 3.28. The topological polar surface area (TPSA) is 107 Å². The van der Waals surface area contributed by atoms with E-state index in [4.69, 9.17) is 0 Å². The van der Waals surface area contributed by atoms with Gasteiger partial charge in [0.2, 0.25) is 5.91 Å². The molecule has 0 bridgehead atoms. The van der Waals surface area contributed by atoms with E-state index in [1.165, 1.54) is 6.33 Å². The Balaban J connectivity index is 1.61. The molecule has 9 heteroatoms. The van der Waals surface area contributed by atoms with E-state index in [1.807, 2.05) is 43.3 Å². The van der Waals surface area contributed by atoms with E-state index in [1.54, 1.807) is 0 Å². The van der Waals surface area contributed by atoms with Crippen LogP contribution in [-0.2, 0) is 4.79 Å². The molecule has 0 saturated carbocycles. The SMILES string of the molecule is CN(C)c1ccc(NC(=O)CSc2nc3nc[nH]c3c(=O)[nH]2)cc1. The molecular weight excluding hydrogens is 328 g/mol. The van der Waals surface area contributed by atoms with Crippen LogP contribution in [0.15, 0.2) is 40.5 Å². The Morgan fingerprint density at radius 1 is 1.29 bits per heavy atom. The number of aromatic nitrogens is 4. The summed E-state index contributed by atoms with van der Waals surface area (Å²) in [6.07, 6.45) is 1.41. The van der Waals surface area contributed by atoms with Gasteiger partial charge in [-0.2, -0.15) is 0 Å². The lowest BCUT2D eigenvalue weighted by atomic mass is 10.2. The number of aromatic amines is 2. The first-order valence-electron chi connectivity index (χ1n) is 7.16. The van der Waals surface area contributed by atoms with Crippen LogP contribution in [0.5, 0.6) is 0 Å². The van der Waals surface area contributed by atoms with Crippen LogP contribution >= 0.6 is 11.8 Å². The van der Waals surface area contributed by atoms with Gasteiger partial charge in [-0.15, -0.1) is 0 Å². The van der Waals surface area contributed by atoms with Gasteiger partial charge in [-0.05, 0) is 24.3 Å². The molecule has 0 aliphatic heterocycles. The Bertz CT molecular complexity index is 916. The summed E-state index contributed by atoms with van der Waals surface area (Å²) >= 11 is 1.15. The number of thioether (sulfide) groups is 1. The minimum Gasteiger partial charge on any atom is -0.378 e. The predicted octanol–water partition coefficient (Wildman–Crippen LogP) is 1.44.